The summed E-state index contributed by atoms with van der Waals surface area (Å²) in [5, 5.41) is 10.7. The molecule has 0 amide bonds. The maximum absolute atomic E-state index is 13.0. The van der Waals surface area contributed by atoms with Crippen LogP contribution >= 0.6 is 11.8 Å². The molecule has 1 unspecified atom stereocenters. The molecular formula is C25H27N5O3S. The lowest BCUT2D eigenvalue weighted by molar-refractivity contribution is 0.0953. The summed E-state index contributed by atoms with van der Waals surface area (Å²) in [4.78, 5) is 31.4. The van der Waals surface area contributed by atoms with Crippen molar-refractivity contribution in [2.75, 3.05) is 12.4 Å². The van der Waals surface area contributed by atoms with Crippen molar-refractivity contribution >= 4 is 34.2 Å². The molecule has 3 aromatic heterocycles. The number of nitrogens with zero attached hydrogens (tertiary/aromatic N) is 3. The average Bonchev–Trinajstić information content (AvgIpc) is 3.59. The molecule has 0 spiro atoms. The third-order valence-corrected chi connectivity index (χ3v) is 7.32. The molecule has 0 saturated carbocycles. The first-order chi connectivity index (χ1) is 16.4. The summed E-state index contributed by atoms with van der Waals surface area (Å²) in [6.45, 7) is 6.55. The largest absolute Gasteiger partial charge is 0.376 e. The Morgan fingerprint density at radius 1 is 1.24 bits per heavy atom. The van der Waals surface area contributed by atoms with Gasteiger partial charge in [0.15, 0.2) is 22.5 Å². The van der Waals surface area contributed by atoms with Gasteiger partial charge in [0.05, 0.1) is 24.1 Å². The quantitative estimate of drug-likeness (QED) is 0.281. The Kier molecular flexibility index (Phi) is 6.14. The average molecular weight is 478 g/mol. The number of carbonyl (C=O) groups excluding carboxylic acids is 2. The first-order valence-electron chi connectivity index (χ1n) is 11.4. The Bertz CT molecular complexity index is 1380. The number of carbonyl (C=O) groups is 2. The highest BCUT2D eigenvalue weighted by Crippen LogP contribution is 2.31. The van der Waals surface area contributed by atoms with Crippen LogP contribution in [0.2, 0.25) is 0 Å². The lowest BCUT2D eigenvalue weighted by atomic mass is 10.1. The van der Waals surface area contributed by atoms with Crippen molar-refractivity contribution in [1.82, 2.24) is 24.7 Å². The molecule has 1 saturated heterocycles. The van der Waals surface area contributed by atoms with Gasteiger partial charge in [0.25, 0.3) is 0 Å². The number of benzene rings is 1. The molecule has 0 bridgehead atoms. The predicted octanol–water partition coefficient (Wildman–Crippen LogP) is 4.73. The first-order valence-corrected chi connectivity index (χ1v) is 12.4. The number of ether oxygens (including phenoxy) is 1. The number of hydrogen-bond acceptors (Lipinski definition) is 6. The molecule has 8 nitrogen and oxygen atoms in total. The van der Waals surface area contributed by atoms with E-state index in [1.54, 1.807) is 0 Å². The van der Waals surface area contributed by atoms with Gasteiger partial charge in [-0.25, -0.2) is 0 Å². The molecular weight excluding hydrogens is 450 g/mol. The zero-order chi connectivity index (χ0) is 23.8. The highest BCUT2D eigenvalue weighted by molar-refractivity contribution is 7.99. The number of H-pyrrole nitrogens is 2. The van der Waals surface area contributed by atoms with Crippen LogP contribution in [0.1, 0.15) is 51.9 Å². The van der Waals surface area contributed by atoms with E-state index in [2.05, 4.69) is 30.8 Å². The van der Waals surface area contributed by atoms with Crippen LogP contribution in [0, 0.1) is 13.8 Å². The summed E-state index contributed by atoms with van der Waals surface area (Å²) < 4.78 is 7.96. The number of hydrogen-bond donors (Lipinski definition) is 2. The number of para-hydroxylation sites is 1. The number of Topliss-reactive ketones (excluding diaryl/α,β-unsaturated/α-hetero) is 2. The Morgan fingerprint density at radius 2 is 2.06 bits per heavy atom. The zero-order valence-corrected chi connectivity index (χ0v) is 20.3. The van der Waals surface area contributed by atoms with Crippen molar-refractivity contribution in [3.05, 3.63) is 53.0 Å². The molecule has 1 atom stereocenters. The number of fused-ring (bicyclic) bond motifs is 1. The van der Waals surface area contributed by atoms with E-state index in [-0.39, 0.29) is 23.4 Å². The van der Waals surface area contributed by atoms with Gasteiger partial charge in [-0.15, -0.1) is 10.2 Å². The molecule has 34 heavy (non-hydrogen) atoms. The van der Waals surface area contributed by atoms with Gasteiger partial charge in [-0.1, -0.05) is 30.0 Å². The van der Waals surface area contributed by atoms with Gasteiger partial charge in [0, 0.05) is 40.5 Å². The fourth-order valence-electron chi connectivity index (χ4n) is 4.77. The minimum absolute atomic E-state index is 0.0439. The Hall–Kier alpha value is -3.17. The molecule has 4 heterocycles. The summed E-state index contributed by atoms with van der Waals surface area (Å²) in [6.07, 6.45) is 4.08. The molecule has 1 aliphatic rings. The van der Waals surface area contributed by atoms with Gasteiger partial charge in [-0.3, -0.25) is 14.2 Å². The monoisotopic (exact) mass is 477 g/mol. The Labute approximate surface area is 201 Å². The smallest absolute Gasteiger partial charge is 0.192 e. The van der Waals surface area contributed by atoms with Crippen LogP contribution in [0.3, 0.4) is 0 Å². The van der Waals surface area contributed by atoms with E-state index in [0.717, 1.165) is 47.4 Å². The van der Waals surface area contributed by atoms with Crippen LogP contribution in [0.25, 0.3) is 22.3 Å². The van der Waals surface area contributed by atoms with Crippen molar-refractivity contribution in [2.45, 2.75) is 51.4 Å². The van der Waals surface area contributed by atoms with E-state index in [1.165, 1.54) is 18.7 Å². The number of aromatic amines is 2. The highest BCUT2D eigenvalue weighted by atomic mass is 32.2. The van der Waals surface area contributed by atoms with Gasteiger partial charge in [0.2, 0.25) is 0 Å². The fourth-order valence-corrected chi connectivity index (χ4v) is 5.59. The molecule has 1 aliphatic heterocycles. The van der Waals surface area contributed by atoms with Crippen molar-refractivity contribution in [1.29, 1.82) is 0 Å². The fraction of sp³-hybridized carbons (Fsp3) is 0.360. The second kappa shape index (κ2) is 9.23. The van der Waals surface area contributed by atoms with Crippen molar-refractivity contribution in [3.8, 4) is 11.4 Å². The molecule has 4 aromatic rings. The number of thioether (sulfide) groups is 1. The summed E-state index contributed by atoms with van der Waals surface area (Å²) in [7, 11) is 0. The van der Waals surface area contributed by atoms with E-state index in [9.17, 15) is 9.59 Å². The van der Waals surface area contributed by atoms with Crippen LogP contribution in [0.15, 0.2) is 35.6 Å². The second-order valence-corrected chi connectivity index (χ2v) is 9.64. The minimum Gasteiger partial charge on any atom is -0.376 e. The van der Waals surface area contributed by atoms with Gasteiger partial charge in [-0.05, 0) is 45.2 Å². The molecule has 9 heteroatoms. The van der Waals surface area contributed by atoms with Crippen LogP contribution in [-0.2, 0) is 11.3 Å². The molecule has 1 fully saturated rings. The third kappa shape index (κ3) is 4.10. The molecule has 1 aromatic carbocycles. The first kappa shape index (κ1) is 22.6. The Balaban J connectivity index is 1.44. The second-order valence-electron chi connectivity index (χ2n) is 8.69. The summed E-state index contributed by atoms with van der Waals surface area (Å²) in [5.74, 6) is 0.833. The van der Waals surface area contributed by atoms with E-state index in [4.69, 9.17) is 4.74 Å². The SMILES string of the molecule is CC(=O)c1c(C)[nH]c(C(=O)CSc2nnc(-c3c[nH]c4ccccc34)n2CC2CCCO2)c1C. The van der Waals surface area contributed by atoms with Crippen molar-refractivity contribution in [2.24, 2.45) is 0 Å². The van der Waals surface area contributed by atoms with E-state index >= 15 is 0 Å². The van der Waals surface area contributed by atoms with Gasteiger partial charge in [0.1, 0.15) is 0 Å². The van der Waals surface area contributed by atoms with Crippen LogP contribution in [-0.4, -0.2) is 54.8 Å². The van der Waals surface area contributed by atoms with Crippen LogP contribution < -0.4 is 0 Å². The summed E-state index contributed by atoms with van der Waals surface area (Å²) in [6, 6.07) is 8.09. The normalized spacial score (nSPS) is 15.9. The molecule has 5 rings (SSSR count). The summed E-state index contributed by atoms with van der Waals surface area (Å²) in [5.41, 5.74) is 4.51. The Morgan fingerprint density at radius 3 is 2.79 bits per heavy atom. The van der Waals surface area contributed by atoms with E-state index in [0.29, 0.717) is 28.5 Å². The zero-order valence-electron chi connectivity index (χ0n) is 19.5. The van der Waals surface area contributed by atoms with Crippen LogP contribution in [0.5, 0.6) is 0 Å². The number of ketones is 2. The topological polar surface area (TPSA) is 106 Å². The standard InChI is InChI=1S/C25H27N5O3S/c1-14-22(16(3)31)15(2)27-23(14)21(32)13-34-25-29-28-24(30(25)12-17-7-6-10-33-17)19-11-26-20-9-5-4-8-18(19)20/h4-5,8-9,11,17,26-27H,6-7,10,12-13H2,1-3H3. The predicted molar refractivity (Wildman–Crippen MR) is 132 cm³/mol. The highest BCUT2D eigenvalue weighted by Gasteiger charge is 2.25. The van der Waals surface area contributed by atoms with Gasteiger partial charge < -0.3 is 14.7 Å². The molecule has 0 radical (unpaired) electrons. The lowest BCUT2D eigenvalue weighted by Crippen LogP contribution is -2.17. The van der Waals surface area contributed by atoms with Crippen molar-refractivity contribution in [3.63, 3.8) is 0 Å². The molecule has 0 aliphatic carbocycles. The number of nitrogens with one attached hydrogen (secondary N) is 2. The summed E-state index contributed by atoms with van der Waals surface area (Å²) >= 11 is 1.36. The lowest BCUT2D eigenvalue weighted by Gasteiger charge is -2.14. The maximum Gasteiger partial charge on any atom is 0.192 e. The van der Waals surface area contributed by atoms with Crippen LogP contribution in [0.4, 0.5) is 0 Å². The van der Waals surface area contributed by atoms with Gasteiger partial charge in [-0.2, -0.15) is 0 Å². The molecule has 2 N–H and O–H groups in total. The third-order valence-electron chi connectivity index (χ3n) is 6.36. The maximum atomic E-state index is 13.0. The number of rotatable bonds is 8. The van der Waals surface area contributed by atoms with Gasteiger partial charge >= 0.3 is 0 Å². The minimum atomic E-state index is -0.0709. The van der Waals surface area contributed by atoms with E-state index in [1.807, 2.05) is 38.2 Å². The molecule has 176 valence electrons. The number of aryl methyl sites for hydroxylation is 1. The van der Waals surface area contributed by atoms with E-state index < -0.39 is 0 Å². The number of aromatic nitrogens is 5. The van der Waals surface area contributed by atoms with Crippen molar-refractivity contribution < 1.29 is 14.3 Å².